The average Bonchev–Trinajstić information content (AvgIpc) is 2.63. The van der Waals surface area contributed by atoms with Gasteiger partial charge in [0.15, 0.2) is 17.3 Å². The Morgan fingerprint density at radius 1 is 0.920 bits per heavy atom. The fraction of sp³-hybridized carbons (Fsp3) is 0.278. The molecule has 0 aromatic heterocycles. The summed E-state index contributed by atoms with van der Waals surface area (Å²) in [5, 5.41) is 3.84. The van der Waals surface area contributed by atoms with E-state index in [2.05, 4.69) is 5.16 Å². The highest BCUT2D eigenvalue weighted by atomic mass is 16.7. The molecule has 132 valence electrons. The van der Waals surface area contributed by atoms with Gasteiger partial charge in [0.2, 0.25) is 5.75 Å². The van der Waals surface area contributed by atoms with Gasteiger partial charge in [-0.2, -0.15) is 0 Å². The minimum atomic E-state index is -0.692. The van der Waals surface area contributed by atoms with Crippen molar-refractivity contribution in [2.24, 2.45) is 5.16 Å². The first-order valence-electron chi connectivity index (χ1n) is 7.42. The van der Waals surface area contributed by atoms with Crippen molar-refractivity contribution >= 4 is 17.5 Å². The average molecular weight is 345 g/mol. The van der Waals surface area contributed by atoms with E-state index in [9.17, 15) is 9.59 Å². The Labute approximate surface area is 145 Å². The Bertz CT molecular complexity index is 779. The van der Waals surface area contributed by atoms with Gasteiger partial charge in [-0.1, -0.05) is 5.16 Å². The third-order valence-corrected chi connectivity index (χ3v) is 3.84. The number of carbonyl (C=O) groups is 2. The second kappa shape index (κ2) is 7.65. The smallest absolute Gasteiger partial charge is 0.366 e. The normalized spacial score (nSPS) is 15.4. The molecule has 1 aliphatic rings. The highest BCUT2D eigenvalue weighted by Gasteiger charge is 2.19. The lowest BCUT2D eigenvalue weighted by Gasteiger charge is -2.13. The maximum atomic E-state index is 12.3. The molecular weight excluding hydrogens is 326 g/mol. The number of nitrogens with zero attached hydrogens (tertiary/aromatic N) is 1. The fourth-order valence-electron chi connectivity index (χ4n) is 2.22. The Balaban J connectivity index is 2.29. The predicted octanol–water partition coefficient (Wildman–Crippen LogP) is 2.70. The van der Waals surface area contributed by atoms with Crippen LogP contribution in [0.4, 0.5) is 0 Å². The van der Waals surface area contributed by atoms with Crippen molar-refractivity contribution in [1.82, 2.24) is 0 Å². The Morgan fingerprint density at radius 3 is 2.04 bits per heavy atom. The van der Waals surface area contributed by atoms with Crippen LogP contribution in [0.3, 0.4) is 0 Å². The zero-order valence-corrected chi connectivity index (χ0v) is 14.7. The predicted molar refractivity (Wildman–Crippen MR) is 91.5 cm³/mol. The Hall–Kier alpha value is -3.09. The molecule has 0 saturated heterocycles. The van der Waals surface area contributed by atoms with Crippen molar-refractivity contribution < 1.29 is 28.6 Å². The number of ether oxygens (including phenoxy) is 3. The number of hydrogen-bond donors (Lipinski definition) is 0. The van der Waals surface area contributed by atoms with E-state index >= 15 is 0 Å². The summed E-state index contributed by atoms with van der Waals surface area (Å²) >= 11 is 0. The summed E-state index contributed by atoms with van der Waals surface area (Å²) in [6.07, 6.45) is 2.89. The monoisotopic (exact) mass is 345 g/mol. The number of carbonyl (C=O) groups excluding carboxylic acids is 2. The summed E-state index contributed by atoms with van der Waals surface area (Å²) in [4.78, 5) is 28.8. The van der Waals surface area contributed by atoms with E-state index in [1.54, 1.807) is 13.8 Å². The molecule has 7 heteroatoms. The van der Waals surface area contributed by atoms with Gasteiger partial charge >= 0.3 is 5.97 Å². The number of benzene rings is 1. The van der Waals surface area contributed by atoms with E-state index in [4.69, 9.17) is 19.0 Å². The van der Waals surface area contributed by atoms with Crippen molar-refractivity contribution in [1.29, 1.82) is 0 Å². The summed E-state index contributed by atoms with van der Waals surface area (Å²) < 4.78 is 15.6. The number of methoxy groups -OCH3 is 3. The maximum Gasteiger partial charge on any atom is 0.366 e. The molecule has 0 aliphatic heterocycles. The van der Waals surface area contributed by atoms with Gasteiger partial charge in [0.25, 0.3) is 0 Å². The number of oxime groups is 1. The molecule has 2 rings (SSSR count). The van der Waals surface area contributed by atoms with E-state index in [1.165, 1.54) is 45.6 Å². The van der Waals surface area contributed by atoms with Gasteiger partial charge in [-0.25, -0.2) is 4.79 Å². The molecule has 0 fully saturated rings. The summed E-state index contributed by atoms with van der Waals surface area (Å²) in [6.45, 7) is 3.43. The van der Waals surface area contributed by atoms with Crippen LogP contribution in [0.15, 0.2) is 40.6 Å². The van der Waals surface area contributed by atoms with Crippen LogP contribution in [0, 0.1) is 0 Å². The first-order chi connectivity index (χ1) is 11.9. The highest BCUT2D eigenvalue weighted by Crippen LogP contribution is 2.38. The molecule has 0 bridgehead atoms. The van der Waals surface area contributed by atoms with Crippen LogP contribution in [-0.2, 0) is 9.63 Å². The van der Waals surface area contributed by atoms with E-state index in [0.717, 1.165) is 0 Å². The van der Waals surface area contributed by atoms with Crippen LogP contribution in [0.5, 0.6) is 17.2 Å². The largest absolute Gasteiger partial charge is 0.493 e. The van der Waals surface area contributed by atoms with Gasteiger partial charge < -0.3 is 19.0 Å². The van der Waals surface area contributed by atoms with E-state index in [0.29, 0.717) is 34.1 Å². The summed E-state index contributed by atoms with van der Waals surface area (Å²) in [6, 6.07) is 2.94. The van der Waals surface area contributed by atoms with Gasteiger partial charge in [0.05, 0.1) is 26.9 Å². The summed E-state index contributed by atoms with van der Waals surface area (Å²) in [5.41, 5.74) is 1.82. The second-order valence-electron chi connectivity index (χ2n) is 5.22. The highest BCUT2D eigenvalue weighted by molar-refractivity contribution is 6.21. The first-order valence-corrected chi connectivity index (χ1v) is 7.42. The molecular formula is C18H19NO6. The molecule has 0 radical (unpaired) electrons. The lowest BCUT2D eigenvalue weighted by molar-refractivity contribution is -0.111. The van der Waals surface area contributed by atoms with Crippen molar-refractivity contribution in [2.75, 3.05) is 21.3 Å². The number of rotatable bonds is 5. The van der Waals surface area contributed by atoms with Gasteiger partial charge in [-0.15, -0.1) is 0 Å². The fourth-order valence-corrected chi connectivity index (χ4v) is 2.22. The van der Waals surface area contributed by atoms with Crippen LogP contribution >= 0.6 is 0 Å². The lowest BCUT2D eigenvalue weighted by atomic mass is 9.97. The molecule has 0 spiro atoms. The molecule has 0 heterocycles. The minimum absolute atomic E-state index is 0.0904. The zero-order valence-electron chi connectivity index (χ0n) is 14.7. The van der Waals surface area contributed by atoms with Crippen molar-refractivity contribution in [3.63, 3.8) is 0 Å². The number of allylic oxidation sites excluding steroid dienone is 4. The number of ketones is 1. The van der Waals surface area contributed by atoms with E-state index < -0.39 is 5.97 Å². The number of hydrogen-bond acceptors (Lipinski definition) is 7. The molecule has 7 nitrogen and oxygen atoms in total. The van der Waals surface area contributed by atoms with E-state index in [1.807, 2.05) is 0 Å². The van der Waals surface area contributed by atoms with Crippen LogP contribution < -0.4 is 14.2 Å². The molecule has 0 unspecified atom stereocenters. The minimum Gasteiger partial charge on any atom is -0.493 e. The van der Waals surface area contributed by atoms with E-state index in [-0.39, 0.29) is 11.3 Å². The van der Waals surface area contributed by atoms with Gasteiger partial charge in [-0.05, 0) is 43.7 Å². The second-order valence-corrected chi connectivity index (χ2v) is 5.22. The Morgan fingerprint density at radius 2 is 1.52 bits per heavy atom. The molecule has 0 amide bonds. The lowest BCUT2D eigenvalue weighted by Crippen LogP contribution is -2.12. The molecule has 1 aliphatic carbocycles. The SMILES string of the molecule is COc1cc(C(=O)O/N=C2\C=CC(=O)C(C)=C2C)cc(OC)c1OC. The van der Waals surface area contributed by atoms with Crippen LogP contribution in [-0.4, -0.2) is 38.8 Å². The molecule has 25 heavy (non-hydrogen) atoms. The van der Waals surface area contributed by atoms with Gasteiger partial charge in [0, 0.05) is 5.57 Å². The van der Waals surface area contributed by atoms with Crippen LogP contribution in [0.1, 0.15) is 24.2 Å². The molecule has 0 saturated carbocycles. The first kappa shape index (κ1) is 18.3. The van der Waals surface area contributed by atoms with Crippen LogP contribution in [0.2, 0.25) is 0 Å². The summed E-state index contributed by atoms with van der Waals surface area (Å²) in [7, 11) is 4.37. The molecule has 0 atom stereocenters. The third kappa shape index (κ3) is 3.71. The van der Waals surface area contributed by atoms with Crippen molar-refractivity contribution in [3.05, 3.63) is 41.0 Å². The maximum absolute atomic E-state index is 12.3. The van der Waals surface area contributed by atoms with Gasteiger partial charge in [0.1, 0.15) is 5.71 Å². The summed E-state index contributed by atoms with van der Waals surface area (Å²) in [5.74, 6) is 0.249. The standard InChI is InChI=1S/C18H19NO6/c1-10-11(2)14(20)7-6-13(10)19-25-18(21)12-8-15(22-3)17(24-5)16(9-12)23-4/h6-9H,1-5H3/b19-13+. The topological polar surface area (TPSA) is 83.4 Å². The van der Waals surface area contributed by atoms with Gasteiger partial charge in [-0.3, -0.25) is 4.79 Å². The van der Waals surface area contributed by atoms with Crippen molar-refractivity contribution in [3.8, 4) is 17.2 Å². The molecule has 1 aromatic rings. The Kier molecular flexibility index (Phi) is 5.59. The quantitative estimate of drug-likeness (QED) is 0.463. The zero-order chi connectivity index (χ0) is 18.6. The van der Waals surface area contributed by atoms with Crippen LogP contribution in [0.25, 0.3) is 0 Å². The van der Waals surface area contributed by atoms with Crippen molar-refractivity contribution in [2.45, 2.75) is 13.8 Å². The third-order valence-electron chi connectivity index (χ3n) is 3.84. The molecule has 1 aromatic carbocycles. The molecule has 0 N–H and O–H groups in total.